The molecule has 0 spiro atoms. The van der Waals surface area contributed by atoms with Crippen molar-refractivity contribution in [2.75, 3.05) is 6.61 Å². The fourth-order valence-corrected chi connectivity index (χ4v) is 2.55. The summed E-state index contributed by atoms with van der Waals surface area (Å²) in [5.74, 6) is 0.581. The zero-order valence-corrected chi connectivity index (χ0v) is 11.6. The van der Waals surface area contributed by atoms with Crippen molar-refractivity contribution in [2.45, 2.75) is 24.8 Å². The van der Waals surface area contributed by atoms with Crippen LogP contribution in [0.4, 0.5) is 0 Å². The molecule has 0 amide bonds. The summed E-state index contributed by atoms with van der Waals surface area (Å²) in [6.07, 6.45) is 0. The Morgan fingerprint density at radius 1 is 1.39 bits per heavy atom. The van der Waals surface area contributed by atoms with Crippen molar-refractivity contribution >= 4 is 26.9 Å². The lowest BCUT2D eigenvalue weighted by atomic mass is 10.3. The van der Waals surface area contributed by atoms with Gasteiger partial charge >= 0.3 is 0 Å². The molecule has 1 aromatic carbocycles. The van der Waals surface area contributed by atoms with Crippen LogP contribution in [-0.4, -0.2) is 26.3 Å². The molecule has 0 aliphatic heterocycles. The molecule has 0 aromatic heterocycles. The number of hydrogen-bond donors (Lipinski definition) is 1. The van der Waals surface area contributed by atoms with E-state index in [1.54, 1.807) is 12.1 Å². The lowest BCUT2D eigenvalue weighted by Crippen LogP contribution is -2.36. The first-order chi connectivity index (χ1) is 8.36. The van der Waals surface area contributed by atoms with E-state index in [-0.39, 0.29) is 4.90 Å². The van der Waals surface area contributed by atoms with E-state index in [1.807, 2.05) is 6.92 Å². The summed E-state index contributed by atoms with van der Waals surface area (Å²) in [7, 11) is -3.75. The van der Waals surface area contributed by atoms with E-state index < -0.39 is 21.3 Å². The zero-order valence-electron chi connectivity index (χ0n) is 10.0. The smallest absolute Gasteiger partial charge is 0.241 e. The number of benzene rings is 1. The first kappa shape index (κ1) is 14.9. The average Bonchev–Trinajstić information content (AvgIpc) is 2.29. The van der Waals surface area contributed by atoms with Crippen molar-refractivity contribution in [3.05, 3.63) is 24.3 Å². The first-order valence-electron chi connectivity index (χ1n) is 5.31. The largest absolute Gasteiger partial charge is 0.494 e. The maximum Gasteiger partial charge on any atom is 0.241 e. The summed E-state index contributed by atoms with van der Waals surface area (Å²) in [4.78, 5) is 10.9. The lowest BCUT2D eigenvalue weighted by Gasteiger charge is -2.10. The highest BCUT2D eigenvalue weighted by molar-refractivity contribution is 7.89. The maximum atomic E-state index is 11.9. The standard InChI is InChI=1S/C11H14ClNO4S/c1-3-17-9-4-6-10(7-5-9)18(15,16)13-8(2)11(12)14/h4-8,13H,3H2,1-2H3. The van der Waals surface area contributed by atoms with Gasteiger partial charge in [0, 0.05) is 0 Å². The van der Waals surface area contributed by atoms with E-state index in [1.165, 1.54) is 19.1 Å². The molecule has 0 bridgehead atoms. The molecule has 7 heteroatoms. The highest BCUT2D eigenvalue weighted by Gasteiger charge is 2.20. The van der Waals surface area contributed by atoms with E-state index in [9.17, 15) is 13.2 Å². The number of halogens is 1. The molecule has 1 unspecified atom stereocenters. The van der Waals surface area contributed by atoms with E-state index in [0.717, 1.165) is 0 Å². The summed E-state index contributed by atoms with van der Waals surface area (Å²) >= 11 is 5.20. The minimum Gasteiger partial charge on any atom is -0.494 e. The van der Waals surface area contributed by atoms with Gasteiger partial charge in [-0.15, -0.1) is 0 Å². The van der Waals surface area contributed by atoms with Crippen molar-refractivity contribution < 1.29 is 17.9 Å². The Balaban J connectivity index is 2.88. The molecule has 1 N–H and O–H groups in total. The predicted molar refractivity (Wildman–Crippen MR) is 68.3 cm³/mol. The van der Waals surface area contributed by atoms with Crippen LogP contribution in [0.15, 0.2) is 29.2 Å². The number of nitrogens with one attached hydrogen (secondary N) is 1. The van der Waals surface area contributed by atoms with Crippen LogP contribution < -0.4 is 9.46 Å². The molecular weight excluding hydrogens is 278 g/mol. The Labute approximate surface area is 111 Å². The fraction of sp³-hybridized carbons (Fsp3) is 0.364. The van der Waals surface area contributed by atoms with Crippen LogP contribution in [0, 0.1) is 0 Å². The van der Waals surface area contributed by atoms with Crippen LogP contribution in [0.25, 0.3) is 0 Å². The fourth-order valence-electron chi connectivity index (χ4n) is 1.23. The molecule has 1 rings (SSSR count). The second-order valence-electron chi connectivity index (χ2n) is 3.55. The number of carbonyl (C=O) groups excluding carboxylic acids is 1. The van der Waals surface area contributed by atoms with Crippen LogP contribution in [-0.2, 0) is 14.8 Å². The summed E-state index contributed by atoms with van der Waals surface area (Å²) in [5, 5.41) is -0.760. The van der Waals surface area contributed by atoms with Gasteiger partial charge in [-0.3, -0.25) is 4.79 Å². The van der Waals surface area contributed by atoms with Gasteiger partial charge in [0.25, 0.3) is 0 Å². The Hall–Kier alpha value is -1.11. The second-order valence-corrected chi connectivity index (χ2v) is 5.64. The van der Waals surface area contributed by atoms with Crippen molar-refractivity contribution in [1.29, 1.82) is 0 Å². The predicted octanol–water partition coefficient (Wildman–Crippen LogP) is 1.52. The number of hydrogen-bond acceptors (Lipinski definition) is 4. The quantitative estimate of drug-likeness (QED) is 0.807. The lowest BCUT2D eigenvalue weighted by molar-refractivity contribution is -0.112. The Bertz CT molecular complexity index is 512. The number of ether oxygens (including phenoxy) is 1. The second kappa shape index (κ2) is 6.17. The summed E-state index contributed by atoms with van der Waals surface area (Å²) in [6.45, 7) is 3.71. The molecule has 0 heterocycles. The summed E-state index contributed by atoms with van der Waals surface area (Å²) in [6, 6.07) is 4.93. The molecule has 0 saturated carbocycles. The molecule has 0 saturated heterocycles. The third-order valence-electron chi connectivity index (χ3n) is 2.12. The van der Waals surface area contributed by atoms with Crippen molar-refractivity contribution in [1.82, 2.24) is 4.72 Å². The van der Waals surface area contributed by atoms with E-state index in [0.29, 0.717) is 12.4 Å². The summed E-state index contributed by atoms with van der Waals surface area (Å²) < 4.78 is 31.1. The highest BCUT2D eigenvalue weighted by Crippen LogP contribution is 2.16. The van der Waals surface area contributed by atoms with Gasteiger partial charge in [0.15, 0.2) is 0 Å². The van der Waals surface area contributed by atoms with Gasteiger partial charge < -0.3 is 4.74 Å². The third kappa shape index (κ3) is 3.97. The Morgan fingerprint density at radius 3 is 2.39 bits per heavy atom. The zero-order chi connectivity index (χ0) is 13.8. The first-order valence-corrected chi connectivity index (χ1v) is 7.17. The topological polar surface area (TPSA) is 72.5 Å². The molecule has 1 aromatic rings. The van der Waals surface area contributed by atoms with Crippen LogP contribution in [0.3, 0.4) is 0 Å². The van der Waals surface area contributed by atoms with Crippen molar-refractivity contribution in [3.63, 3.8) is 0 Å². The van der Waals surface area contributed by atoms with Gasteiger partial charge in [0.2, 0.25) is 15.3 Å². The van der Waals surface area contributed by atoms with Crippen LogP contribution in [0.2, 0.25) is 0 Å². The monoisotopic (exact) mass is 291 g/mol. The van der Waals surface area contributed by atoms with Crippen LogP contribution in [0.5, 0.6) is 5.75 Å². The van der Waals surface area contributed by atoms with E-state index in [4.69, 9.17) is 16.3 Å². The van der Waals surface area contributed by atoms with Crippen LogP contribution >= 0.6 is 11.6 Å². The molecule has 5 nitrogen and oxygen atoms in total. The van der Waals surface area contributed by atoms with Gasteiger partial charge in [-0.1, -0.05) is 0 Å². The third-order valence-corrected chi connectivity index (χ3v) is 4.00. The van der Waals surface area contributed by atoms with Gasteiger partial charge in [0.05, 0.1) is 17.5 Å². The molecule has 0 radical (unpaired) electrons. The minimum atomic E-state index is -3.75. The van der Waals surface area contributed by atoms with Crippen molar-refractivity contribution in [3.8, 4) is 5.75 Å². The van der Waals surface area contributed by atoms with Crippen LogP contribution in [0.1, 0.15) is 13.8 Å². The molecule has 18 heavy (non-hydrogen) atoms. The van der Waals surface area contributed by atoms with Gasteiger partial charge in [-0.05, 0) is 49.7 Å². The van der Waals surface area contributed by atoms with E-state index in [2.05, 4.69) is 4.72 Å². The number of sulfonamides is 1. The highest BCUT2D eigenvalue weighted by atomic mass is 35.5. The SMILES string of the molecule is CCOc1ccc(S(=O)(=O)NC(C)C(=O)Cl)cc1. The average molecular weight is 292 g/mol. The van der Waals surface area contributed by atoms with Crippen molar-refractivity contribution in [2.24, 2.45) is 0 Å². The maximum absolute atomic E-state index is 11.9. The van der Waals surface area contributed by atoms with E-state index >= 15 is 0 Å². The molecule has 0 aliphatic rings. The van der Waals surface area contributed by atoms with Gasteiger partial charge in [-0.25, -0.2) is 8.42 Å². The normalized spacial score (nSPS) is 13.1. The Kier molecular flexibility index (Phi) is 5.13. The van der Waals surface area contributed by atoms with Gasteiger partial charge in [0.1, 0.15) is 5.75 Å². The Morgan fingerprint density at radius 2 is 1.94 bits per heavy atom. The molecular formula is C11H14ClNO4S. The molecule has 0 fully saturated rings. The molecule has 1 atom stereocenters. The summed E-state index contributed by atoms with van der Waals surface area (Å²) in [5.41, 5.74) is 0. The molecule has 100 valence electrons. The minimum absolute atomic E-state index is 0.0516. The number of rotatable bonds is 6. The van der Waals surface area contributed by atoms with Gasteiger partial charge in [-0.2, -0.15) is 4.72 Å². The number of carbonyl (C=O) groups is 1. The molecule has 0 aliphatic carbocycles.